The fourth-order valence-electron chi connectivity index (χ4n) is 3.99. The minimum absolute atomic E-state index is 0.168. The van der Waals surface area contributed by atoms with Crippen LogP contribution in [0.2, 0.25) is 5.02 Å². The number of nitrogens with one attached hydrogen (secondary N) is 2. The summed E-state index contributed by atoms with van der Waals surface area (Å²) in [5.74, 6) is 0.400. The number of ether oxygens (including phenoxy) is 2. The molecule has 2 aromatic heterocycles. The van der Waals surface area contributed by atoms with E-state index < -0.39 is 21.2 Å². The molecule has 0 aliphatic carbocycles. The first-order valence-corrected chi connectivity index (χ1v) is 12.8. The topological polar surface area (TPSA) is 146 Å². The summed E-state index contributed by atoms with van der Waals surface area (Å²) in [6.45, 7) is 1.93. The number of methoxy groups -OCH3 is 1. The molecule has 0 unspecified atom stereocenters. The molecule has 0 saturated heterocycles. The maximum atomic E-state index is 13.0. The Labute approximate surface area is 226 Å². The number of carbonyl (C=O) groups is 1. The lowest BCUT2D eigenvalue weighted by molar-refractivity contribution is 0.215. The van der Waals surface area contributed by atoms with Crippen LogP contribution in [0.1, 0.15) is 5.56 Å². The number of aromatic nitrogens is 3. The zero-order valence-electron chi connectivity index (χ0n) is 20.4. The number of rotatable bonds is 5. The Balaban J connectivity index is 1.48. The number of hydrogen-bond donors (Lipinski definition) is 2. The molecule has 0 aliphatic heterocycles. The minimum Gasteiger partial charge on any atom is -0.495 e. The molecule has 5 rings (SSSR count). The predicted molar refractivity (Wildman–Crippen MR) is 144 cm³/mol. The van der Waals surface area contributed by atoms with E-state index in [-0.39, 0.29) is 17.3 Å². The highest BCUT2D eigenvalue weighted by molar-refractivity contribution is 7.63. The van der Waals surface area contributed by atoms with Crippen LogP contribution in [0.25, 0.3) is 27.7 Å². The normalized spacial score (nSPS) is 10.8. The summed E-state index contributed by atoms with van der Waals surface area (Å²) < 4.78 is 38.7. The molecular weight excluding hydrogens is 548 g/mol. The molecule has 5 aromatic rings. The van der Waals surface area contributed by atoms with Gasteiger partial charge in [-0.25, -0.2) is 4.79 Å². The van der Waals surface area contributed by atoms with Crippen LogP contribution >= 0.6 is 11.6 Å². The van der Waals surface area contributed by atoms with Gasteiger partial charge in [0, 0.05) is 16.5 Å². The van der Waals surface area contributed by atoms with Gasteiger partial charge in [0.25, 0.3) is 15.9 Å². The summed E-state index contributed by atoms with van der Waals surface area (Å²) in [7, 11) is -1.18. The fraction of sp³-hybridized carbons (Fsp3) is 0.0769. The van der Waals surface area contributed by atoms with E-state index in [0.717, 1.165) is 16.7 Å². The van der Waals surface area contributed by atoms with E-state index in [1.54, 1.807) is 24.3 Å². The Morgan fingerprint density at radius 2 is 1.82 bits per heavy atom. The van der Waals surface area contributed by atoms with Gasteiger partial charge in [-0.05, 0) is 72.1 Å². The third-order valence-corrected chi connectivity index (χ3v) is 6.67. The molecule has 0 spiro atoms. The fourth-order valence-corrected chi connectivity index (χ4v) is 4.38. The van der Waals surface area contributed by atoms with Gasteiger partial charge in [0.15, 0.2) is 0 Å². The van der Waals surface area contributed by atoms with Crippen LogP contribution in [0.4, 0.5) is 10.7 Å². The Morgan fingerprint density at radius 1 is 1.05 bits per heavy atom. The molecular formula is C26H19ClN4O7S. The van der Waals surface area contributed by atoms with Crippen molar-refractivity contribution in [1.82, 2.24) is 14.7 Å². The molecule has 1 amide bonds. The molecule has 39 heavy (non-hydrogen) atoms. The number of anilines is 1. The van der Waals surface area contributed by atoms with Crippen molar-refractivity contribution >= 4 is 44.8 Å². The maximum absolute atomic E-state index is 13.0. The van der Waals surface area contributed by atoms with Crippen molar-refractivity contribution in [3.05, 3.63) is 92.5 Å². The zero-order valence-corrected chi connectivity index (χ0v) is 22.0. The molecule has 3 aromatic carbocycles. The van der Waals surface area contributed by atoms with Gasteiger partial charge in [0.2, 0.25) is 5.95 Å². The number of amides is 1. The van der Waals surface area contributed by atoms with Gasteiger partial charge < -0.3 is 14.0 Å². The number of benzene rings is 3. The van der Waals surface area contributed by atoms with Crippen LogP contribution in [-0.4, -0.2) is 36.3 Å². The van der Waals surface area contributed by atoms with Crippen molar-refractivity contribution in [3.63, 3.8) is 0 Å². The van der Waals surface area contributed by atoms with Gasteiger partial charge in [-0.3, -0.25) is 14.7 Å². The Bertz CT molecular complexity index is 1990. The third kappa shape index (κ3) is 5.28. The van der Waals surface area contributed by atoms with Gasteiger partial charge in [-0.15, -0.1) is 0 Å². The highest BCUT2D eigenvalue weighted by Crippen LogP contribution is 2.32. The van der Waals surface area contributed by atoms with E-state index >= 15 is 0 Å². The van der Waals surface area contributed by atoms with Crippen molar-refractivity contribution < 1.29 is 27.2 Å². The van der Waals surface area contributed by atoms with Crippen LogP contribution in [0.15, 0.2) is 76.0 Å². The number of H-pyrrole nitrogens is 1. The summed E-state index contributed by atoms with van der Waals surface area (Å²) >= 11 is 6.17. The van der Waals surface area contributed by atoms with Gasteiger partial charge in [0.05, 0.1) is 18.3 Å². The van der Waals surface area contributed by atoms with Crippen molar-refractivity contribution in [2.75, 3.05) is 12.4 Å². The average molecular weight is 567 g/mol. The lowest BCUT2D eigenvalue weighted by Gasteiger charge is -2.16. The van der Waals surface area contributed by atoms with E-state index in [4.69, 9.17) is 21.1 Å². The minimum atomic E-state index is -2.71. The highest BCUT2D eigenvalue weighted by Gasteiger charge is 2.15. The first-order chi connectivity index (χ1) is 18.7. The summed E-state index contributed by atoms with van der Waals surface area (Å²) in [6, 6.07) is 19.0. The molecule has 11 nitrogen and oxygen atoms in total. The second-order valence-corrected chi connectivity index (χ2v) is 9.48. The van der Waals surface area contributed by atoms with Crippen LogP contribution in [0, 0.1) is 11.8 Å². The second kappa shape index (κ2) is 10.5. The Kier molecular flexibility index (Phi) is 6.96. The average Bonchev–Trinajstić information content (AvgIpc) is 3.39. The van der Waals surface area contributed by atoms with E-state index in [1.807, 2.05) is 37.3 Å². The lowest BCUT2D eigenvalue weighted by Crippen LogP contribution is -2.19. The molecule has 198 valence electrons. The molecule has 0 bridgehead atoms. The summed E-state index contributed by atoms with van der Waals surface area (Å²) in [6.07, 6.45) is -0.940. The monoisotopic (exact) mass is 566 g/mol. The second-order valence-electron chi connectivity index (χ2n) is 8.26. The molecule has 0 fully saturated rings. The van der Waals surface area contributed by atoms with Crippen molar-refractivity contribution in [3.8, 4) is 28.3 Å². The van der Waals surface area contributed by atoms with Crippen molar-refractivity contribution in [2.24, 2.45) is 0 Å². The summed E-state index contributed by atoms with van der Waals surface area (Å²) in [5, 5.41) is 5.66. The van der Waals surface area contributed by atoms with E-state index in [9.17, 15) is 18.0 Å². The number of aromatic amines is 1. The molecule has 0 radical (unpaired) electrons. The van der Waals surface area contributed by atoms with E-state index in [2.05, 4.69) is 20.0 Å². The largest absolute Gasteiger partial charge is 0.495 e. The van der Waals surface area contributed by atoms with E-state index in [0.29, 0.717) is 27.4 Å². The number of carbonyl (C=O) groups excluding carboxylic acids is 1. The molecule has 2 N–H and O–H groups in total. The number of pyridine rings is 1. The van der Waals surface area contributed by atoms with Crippen molar-refractivity contribution in [1.29, 1.82) is 0 Å². The zero-order chi connectivity index (χ0) is 27.7. The van der Waals surface area contributed by atoms with Crippen molar-refractivity contribution in [2.45, 2.75) is 6.92 Å². The Morgan fingerprint density at radius 3 is 2.54 bits per heavy atom. The summed E-state index contributed by atoms with van der Waals surface area (Å²) in [5.41, 5.74) is 3.58. The van der Waals surface area contributed by atoms with Crippen LogP contribution in [-0.2, 0) is 10.3 Å². The Hall–Kier alpha value is -4.81. The van der Waals surface area contributed by atoms with Crippen LogP contribution < -0.4 is 20.3 Å². The maximum Gasteiger partial charge on any atom is 0.419 e. The van der Waals surface area contributed by atoms with Crippen LogP contribution in [0.5, 0.6) is 11.5 Å². The number of halogens is 1. The first kappa shape index (κ1) is 25.8. The van der Waals surface area contributed by atoms with Gasteiger partial charge in [-0.1, -0.05) is 23.7 Å². The molecule has 0 saturated carbocycles. The predicted octanol–water partition coefficient (Wildman–Crippen LogP) is 4.97. The molecule has 13 heteroatoms. The standard InChI is InChI=1S/C26H19ClN4O7S/c1-14-11-15(3-7-19(14)27)16-4-8-21(22(13-16)36-2)31-20-9-6-18(12-17(20)5-10-23(31)32)37-25(33)28-24-29-26(38-30-24)39(34)35/h3-13H,1-2H3,(H2,28,29,30,33). The number of aryl methyl sites for hydroxylation is 1. The summed E-state index contributed by atoms with van der Waals surface area (Å²) in [4.78, 5) is 28.2. The molecule has 0 aliphatic rings. The third-order valence-electron chi connectivity index (χ3n) is 5.79. The van der Waals surface area contributed by atoms with Gasteiger partial charge >= 0.3 is 10.9 Å². The smallest absolute Gasteiger partial charge is 0.419 e. The van der Waals surface area contributed by atoms with Gasteiger partial charge in [-0.2, -0.15) is 18.6 Å². The molecule has 0 atom stereocenters. The van der Waals surface area contributed by atoms with Gasteiger partial charge in [0.1, 0.15) is 11.5 Å². The molecule has 2 heterocycles. The number of hydrogen-bond acceptors (Lipinski definition) is 8. The highest BCUT2D eigenvalue weighted by atomic mass is 35.5. The number of nitrogens with zero attached hydrogens (tertiary/aromatic N) is 2. The first-order valence-electron chi connectivity index (χ1n) is 11.3. The number of fused-ring (bicyclic) bond motifs is 1. The SMILES string of the molecule is COc1cc(-c2ccc(Cl)c(C)c2)ccc1-n1c(=O)ccc2cc(OC(=O)Nc3nc(=S(=O)=O)o[nH]3)ccc21. The van der Waals surface area contributed by atoms with E-state index in [1.165, 1.54) is 23.8 Å². The van der Waals surface area contributed by atoms with Crippen LogP contribution in [0.3, 0.4) is 0 Å². The lowest BCUT2D eigenvalue weighted by atomic mass is 10.0. The quantitative estimate of drug-likeness (QED) is 0.284.